The summed E-state index contributed by atoms with van der Waals surface area (Å²) in [5, 5.41) is 9.48. The number of Topliss-reactive ketones (excluding diaryl/α,β-unsaturated/α-hetero) is 1. The fraction of sp³-hybridized carbons (Fsp3) is 0.714. The predicted octanol–water partition coefficient (Wildman–Crippen LogP) is 0.458. The Morgan fingerprint density at radius 1 is 1.43 bits per heavy atom. The molecule has 1 aliphatic rings. The van der Waals surface area contributed by atoms with Crippen LogP contribution in [0.1, 0.15) is 33.1 Å². The average Bonchev–Trinajstić information content (AvgIpc) is 2.95. The number of nitrogens with one attached hydrogen (secondary N) is 2. The third-order valence-electron chi connectivity index (χ3n) is 3.09. The molecule has 1 saturated heterocycles. The maximum absolute atomic E-state index is 12.0. The first-order chi connectivity index (χ1) is 9.93. The number of carbonyl (C=O) groups excluding carboxylic acids is 3. The molecule has 7 nitrogen and oxygen atoms in total. The van der Waals surface area contributed by atoms with Gasteiger partial charge in [-0.25, -0.2) is 4.79 Å². The summed E-state index contributed by atoms with van der Waals surface area (Å²) in [5.41, 5.74) is 0. The Kier molecular flexibility index (Phi) is 7.01. The summed E-state index contributed by atoms with van der Waals surface area (Å²) in [6, 6.07) is -0.871. The number of hydrogen-bond acceptors (Lipinski definition) is 6. The molecule has 0 radical (unpaired) electrons. The fourth-order valence-corrected chi connectivity index (χ4v) is 1.95. The molecule has 21 heavy (non-hydrogen) atoms. The van der Waals surface area contributed by atoms with Gasteiger partial charge in [0.05, 0.1) is 24.8 Å². The van der Waals surface area contributed by atoms with Gasteiger partial charge in [0, 0.05) is 13.0 Å². The van der Waals surface area contributed by atoms with E-state index in [1.54, 1.807) is 13.8 Å². The second-order valence-electron chi connectivity index (χ2n) is 5.26. The number of amides is 1. The van der Waals surface area contributed by atoms with Crippen LogP contribution in [0, 0.1) is 11.3 Å². The Bertz CT molecular complexity index is 402. The van der Waals surface area contributed by atoms with E-state index in [9.17, 15) is 14.4 Å². The molecule has 2 atom stereocenters. The van der Waals surface area contributed by atoms with Gasteiger partial charge in [-0.1, -0.05) is 0 Å². The van der Waals surface area contributed by atoms with Crippen molar-refractivity contribution < 1.29 is 23.9 Å². The lowest BCUT2D eigenvalue weighted by Crippen LogP contribution is -2.45. The van der Waals surface area contributed by atoms with E-state index in [-0.39, 0.29) is 30.8 Å². The van der Waals surface area contributed by atoms with Gasteiger partial charge < -0.3 is 20.2 Å². The van der Waals surface area contributed by atoms with E-state index >= 15 is 0 Å². The Labute approximate surface area is 123 Å². The highest BCUT2D eigenvalue weighted by Crippen LogP contribution is 2.13. The van der Waals surface area contributed by atoms with Crippen molar-refractivity contribution in [3.8, 4) is 0 Å². The van der Waals surface area contributed by atoms with Crippen molar-refractivity contribution in [1.82, 2.24) is 5.32 Å². The summed E-state index contributed by atoms with van der Waals surface area (Å²) in [6.07, 6.45) is 1.17. The third kappa shape index (κ3) is 6.03. The van der Waals surface area contributed by atoms with Crippen molar-refractivity contribution >= 4 is 23.9 Å². The van der Waals surface area contributed by atoms with Crippen LogP contribution in [0.5, 0.6) is 0 Å². The van der Waals surface area contributed by atoms with Crippen LogP contribution in [0.25, 0.3) is 0 Å². The van der Waals surface area contributed by atoms with Crippen LogP contribution < -0.4 is 5.32 Å². The quantitative estimate of drug-likeness (QED) is 0.500. The van der Waals surface area contributed by atoms with Crippen LogP contribution in [0.3, 0.4) is 0 Å². The zero-order chi connectivity index (χ0) is 15.8. The van der Waals surface area contributed by atoms with Crippen molar-refractivity contribution in [2.75, 3.05) is 13.2 Å². The first-order valence-corrected chi connectivity index (χ1v) is 7.06. The predicted molar refractivity (Wildman–Crippen MR) is 75.1 cm³/mol. The first-order valence-electron chi connectivity index (χ1n) is 7.06. The fourth-order valence-electron chi connectivity index (χ4n) is 1.95. The SMILES string of the molecule is CC(C)OC(=O)[C@H](CCC(=O)C=N)NC(=O)[C@H]1CCOC1. The van der Waals surface area contributed by atoms with Crippen LogP contribution in [-0.4, -0.2) is 49.2 Å². The van der Waals surface area contributed by atoms with Gasteiger partial charge in [-0.3, -0.25) is 9.59 Å². The Hall–Kier alpha value is -1.76. The van der Waals surface area contributed by atoms with Crippen LogP contribution in [0.2, 0.25) is 0 Å². The van der Waals surface area contributed by atoms with Gasteiger partial charge in [-0.2, -0.15) is 0 Å². The van der Waals surface area contributed by atoms with Crippen LogP contribution in [-0.2, 0) is 23.9 Å². The molecule has 0 spiro atoms. The standard InChI is InChI=1S/C14H22N2O5/c1-9(2)21-14(19)12(4-3-11(17)7-15)16-13(18)10-5-6-20-8-10/h7,9-10,12,15H,3-6,8H2,1-2H3,(H,16,18)/t10-,12-/m0/s1. The van der Waals surface area contributed by atoms with E-state index in [0.717, 1.165) is 0 Å². The number of ether oxygens (including phenoxy) is 2. The van der Waals surface area contributed by atoms with E-state index in [1.165, 1.54) is 0 Å². The minimum atomic E-state index is -0.871. The summed E-state index contributed by atoms with van der Waals surface area (Å²) in [7, 11) is 0. The number of carbonyl (C=O) groups is 3. The monoisotopic (exact) mass is 298 g/mol. The molecule has 1 heterocycles. The molecule has 0 aromatic heterocycles. The molecule has 0 bridgehead atoms. The number of hydrogen-bond donors (Lipinski definition) is 2. The van der Waals surface area contributed by atoms with Crippen molar-refractivity contribution in [3.05, 3.63) is 0 Å². The molecule has 1 fully saturated rings. The topological polar surface area (TPSA) is 106 Å². The third-order valence-corrected chi connectivity index (χ3v) is 3.09. The van der Waals surface area contributed by atoms with Gasteiger partial charge >= 0.3 is 5.97 Å². The lowest BCUT2D eigenvalue weighted by molar-refractivity contribution is -0.152. The van der Waals surface area contributed by atoms with Gasteiger partial charge in [0.2, 0.25) is 5.91 Å². The van der Waals surface area contributed by atoms with E-state index in [1.807, 2.05) is 0 Å². The second-order valence-corrected chi connectivity index (χ2v) is 5.26. The largest absolute Gasteiger partial charge is 0.461 e. The molecule has 0 aliphatic carbocycles. The van der Waals surface area contributed by atoms with Gasteiger partial charge in [0.25, 0.3) is 0 Å². The van der Waals surface area contributed by atoms with E-state index in [4.69, 9.17) is 14.9 Å². The number of ketones is 1. The highest BCUT2D eigenvalue weighted by Gasteiger charge is 2.29. The average molecular weight is 298 g/mol. The lowest BCUT2D eigenvalue weighted by Gasteiger charge is -2.20. The van der Waals surface area contributed by atoms with Gasteiger partial charge in [-0.05, 0) is 26.7 Å². The maximum Gasteiger partial charge on any atom is 0.328 e. The Morgan fingerprint density at radius 2 is 2.14 bits per heavy atom. The van der Waals surface area contributed by atoms with Gasteiger partial charge in [-0.15, -0.1) is 0 Å². The molecule has 1 amide bonds. The van der Waals surface area contributed by atoms with Gasteiger partial charge in [0.15, 0.2) is 5.78 Å². The summed E-state index contributed by atoms with van der Waals surface area (Å²) in [4.78, 5) is 35.2. The summed E-state index contributed by atoms with van der Waals surface area (Å²) < 4.78 is 10.2. The molecule has 7 heteroatoms. The lowest BCUT2D eigenvalue weighted by atomic mass is 10.1. The molecular weight excluding hydrogens is 276 g/mol. The Balaban J connectivity index is 2.60. The van der Waals surface area contributed by atoms with Crippen molar-refractivity contribution in [2.24, 2.45) is 5.92 Å². The Morgan fingerprint density at radius 3 is 2.67 bits per heavy atom. The maximum atomic E-state index is 12.0. The molecule has 118 valence electrons. The normalized spacial score (nSPS) is 19.1. The first kappa shape index (κ1) is 17.3. The van der Waals surface area contributed by atoms with Gasteiger partial charge in [0.1, 0.15) is 6.04 Å². The molecule has 0 aromatic rings. The van der Waals surface area contributed by atoms with Crippen molar-refractivity contribution in [3.63, 3.8) is 0 Å². The van der Waals surface area contributed by atoms with Crippen LogP contribution in [0.4, 0.5) is 0 Å². The molecule has 2 N–H and O–H groups in total. The highest BCUT2D eigenvalue weighted by atomic mass is 16.5. The van der Waals surface area contributed by atoms with E-state index in [0.29, 0.717) is 25.8 Å². The molecule has 0 saturated carbocycles. The summed E-state index contributed by atoms with van der Waals surface area (Å²) in [5.74, 6) is -1.48. The number of esters is 1. The molecule has 0 aromatic carbocycles. The summed E-state index contributed by atoms with van der Waals surface area (Å²) in [6.45, 7) is 4.30. The molecular formula is C14H22N2O5. The molecule has 0 unspecified atom stereocenters. The molecule has 1 aliphatic heterocycles. The van der Waals surface area contributed by atoms with Crippen molar-refractivity contribution in [1.29, 1.82) is 5.41 Å². The smallest absolute Gasteiger partial charge is 0.328 e. The highest BCUT2D eigenvalue weighted by molar-refractivity contribution is 6.26. The minimum absolute atomic E-state index is 0.0167. The zero-order valence-corrected chi connectivity index (χ0v) is 12.4. The van der Waals surface area contributed by atoms with Crippen LogP contribution >= 0.6 is 0 Å². The summed E-state index contributed by atoms with van der Waals surface area (Å²) >= 11 is 0. The number of rotatable bonds is 8. The zero-order valence-electron chi connectivity index (χ0n) is 12.4. The van der Waals surface area contributed by atoms with E-state index < -0.39 is 17.8 Å². The van der Waals surface area contributed by atoms with E-state index in [2.05, 4.69) is 5.32 Å². The van der Waals surface area contributed by atoms with Crippen molar-refractivity contribution in [2.45, 2.75) is 45.3 Å². The molecule has 1 rings (SSSR count). The second kappa shape index (κ2) is 8.51. The minimum Gasteiger partial charge on any atom is -0.461 e. The van der Waals surface area contributed by atoms with Crippen LogP contribution in [0.15, 0.2) is 0 Å².